The number of unbranched alkanes of at least 4 members (excludes halogenated alkanes) is 11. The molecule has 0 aliphatic rings. The molecular formula is C20H38BrNO. The molecule has 0 unspecified atom stereocenters. The Hall–Kier alpha value is -0.310. The summed E-state index contributed by atoms with van der Waals surface area (Å²) >= 11 is 3.31. The van der Waals surface area contributed by atoms with Crippen LogP contribution in [0, 0.1) is 0 Å². The number of amides is 1. The SMILES string of the molecule is CCCCCCCC/C=C\CCCCCCCC(=O)NCCBr. The van der Waals surface area contributed by atoms with Gasteiger partial charge in [-0.3, -0.25) is 4.79 Å². The van der Waals surface area contributed by atoms with E-state index in [1.807, 2.05) is 0 Å². The zero-order valence-corrected chi connectivity index (χ0v) is 16.8. The molecule has 0 aliphatic carbocycles. The summed E-state index contributed by atoms with van der Waals surface area (Å²) < 4.78 is 0. The lowest BCUT2D eigenvalue weighted by molar-refractivity contribution is -0.121. The Morgan fingerprint density at radius 3 is 1.91 bits per heavy atom. The minimum Gasteiger partial charge on any atom is -0.355 e. The van der Waals surface area contributed by atoms with Gasteiger partial charge in [-0.25, -0.2) is 0 Å². The van der Waals surface area contributed by atoms with Crippen molar-refractivity contribution in [1.82, 2.24) is 5.32 Å². The number of halogens is 1. The van der Waals surface area contributed by atoms with Gasteiger partial charge in [-0.05, 0) is 32.1 Å². The number of alkyl halides is 1. The van der Waals surface area contributed by atoms with Crippen molar-refractivity contribution >= 4 is 21.8 Å². The maximum atomic E-state index is 11.4. The highest BCUT2D eigenvalue weighted by atomic mass is 79.9. The van der Waals surface area contributed by atoms with Gasteiger partial charge in [0.25, 0.3) is 0 Å². The number of nitrogens with one attached hydrogen (secondary N) is 1. The second-order valence-electron chi connectivity index (χ2n) is 6.37. The highest BCUT2D eigenvalue weighted by Gasteiger charge is 1.99. The predicted octanol–water partition coefficient (Wildman–Crippen LogP) is 6.54. The minimum atomic E-state index is 0.196. The lowest BCUT2D eigenvalue weighted by Crippen LogP contribution is -2.24. The molecule has 0 aliphatic heterocycles. The van der Waals surface area contributed by atoms with E-state index < -0.39 is 0 Å². The van der Waals surface area contributed by atoms with Crippen LogP contribution in [0.25, 0.3) is 0 Å². The normalized spacial score (nSPS) is 11.2. The van der Waals surface area contributed by atoms with E-state index in [1.54, 1.807) is 0 Å². The third-order valence-corrected chi connectivity index (χ3v) is 4.48. The van der Waals surface area contributed by atoms with Gasteiger partial charge in [0.2, 0.25) is 5.91 Å². The van der Waals surface area contributed by atoms with Crippen molar-refractivity contribution in [2.75, 3.05) is 11.9 Å². The number of carbonyl (C=O) groups excluding carboxylic acids is 1. The first-order valence-electron chi connectivity index (χ1n) is 9.79. The van der Waals surface area contributed by atoms with Crippen LogP contribution in [0.2, 0.25) is 0 Å². The molecule has 0 aromatic rings. The predicted molar refractivity (Wildman–Crippen MR) is 106 cm³/mol. The van der Waals surface area contributed by atoms with Crippen LogP contribution < -0.4 is 5.32 Å². The van der Waals surface area contributed by atoms with Crippen molar-refractivity contribution in [2.45, 2.75) is 96.8 Å². The molecule has 0 aromatic heterocycles. The summed E-state index contributed by atoms with van der Waals surface area (Å²) in [6.07, 6.45) is 22.3. The van der Waals surface area contributed by atoms with E-state index in [1.165, 1.54) is 77.0 Å². The first-order valence-corrected chi connectivity index (χ1v) is 10.9. The number of hydrogen-bond donors (Lipinski definition) is 1. The Morgan fingerprint density at radius 1 is 0.826 bits per heavy atom. The van der Waals surface area contributed by atoms with E-state index >= 15 is 0 Å². The van der Waals surface area contributed by atoms with Crippen LogP contribution in [-0.2, 0) is 4.79 Å². The first-order chi connectivity index (χ1) is 11.3. The van der Waals surface area contributed by atoms with Crippen molar-refractivity contribution < 1.29 is 4.79 Å². The molecule has 0 saturated carbocycles. The van der Waals surface area contributed by atoms with Crippen molar-refractivity contribution in [3.05, 3.63) is 12.2 Å². The Kier molecular flexibility index (Phi) is 19.5. The minimum absolute atomic E-state index is 0.196. The summed E-state index contributed by atoms with van der Waals surface area (Å²) in [5, 5.41) is 3.73. The van der Waals surface area contributed by atoms with Crippen LogP contribution in [0.4, 0.5) is 0 Å². The van der Waals surface area contributed by atoms with Gasteiger partial charge in [0.1, 0.15) is 0 Å². The summed E-state index contributed by atoms with van der Waals surface area (Å²) in [5.41, 5.74) is 0. The largest absolute Gasteiger partial charge is 0.355 e. The molecule has 3 heteroatoms. The van der Waals surface area contributed by atoms with Crippen LogP contribution in [-0.4, -0.2) is 17.8 Å². The number of allylic oxidation sites excluding steroid dienone is 2. The monoisotopic (exact) mass is 387 g/mol. The molecule has 23 heavy (non-hydrogen) atoms. The summed E-state index contributed by atoms with van der Waals surface area (Å²) in [6, 6.07) is 0. The molecule has 136 valence electrons. The summed E-state index contributed by atoms with van der Waals surface area (Å²) in [4.78, 5) is 11.4. The van der Waals surface area contributed by atoms with Gasteiger partial charge >= 0.3 is 0 Å². The van der Waals surface area contributed by atoms with Crippen LogP contribution in [0.1, 0.15) is 96.8 Å². The molecule has 1 N–H and O–H groups in total. The van der Waals surface area contributed by atoms with Gasteiger partial charge in [-0.1, -0.05) is 86.4 Å². The Labute approximate surface area is 153 Å². The molecule has 1 amide bonds. The third-order valence-electron chi connectivity index (χ3n) is 4.08. The van der Waals surface area contributed by atoms with E-state index in [9.17, 15) is 4.79 Å². The standard InChI is InChI=1S/C20H38BrNO/c1-2-3-4-5-6-7-8-9-10-11-12-13-14-15-16-17-20(23)22-19-18-21/h9-10H,2-8,11-19H2,1H3,(H,22,23)/b10-9-. The van der Waals surface area contributed by atoms with Gasteiger partial charge in [0, 0.05) is 18.3 Å². The van der Waals surface area contributed by atoms with E-state index in [-0.39, 0.29) is 5.91 Å². The van der Waals surface area contributed by atoms with E-state index in [2.05, 4.69) is 40.3 Å². The van der Waals surface area contributed by atoms with Crippen molar-refractivity contribution in [3.8, 4) is 0 Å². The van der Waals surface area contributed by atoms with Gasteiger partial charge in [0.05, 0.1) is 0 Å². The number of carbonyl (C=O) groups is 1. The molecule has 2 nitrogen and oxygen atoms in total. The van der Waals surface area contributed by atoms with Gasteiger partial charge in [-0.2, -0.15) is 0 Å². The Morgan fingerprint density at radius 2 is 1.35 bits per heavy atom. The Balaban J connectivity index is 3.14. The van der Waals surface area contributed by atoms with Gasteiger partial charge in [0.15, 0.2) is 0 Å². The highest BCUT2D eigenvalue weighted by molar-refractivity contribution is 9.09. The fourth-order valence-electron chi connectivity index (χ4n) is 2.63. The van der Waals surface area contributed by atoms with Crippen molar-refractivity contribution in [1.29, 1.82) is 0 Å². The molecular weight excluding hydrogens is 350 g/mol. The fourth-order valence-corrected chi connectivity index (χ4v) is 2.83. The van der Waals surface area contributed by atoms with Crippen LogP contribution in [0.15, 0.2) is 12.2 Å². The number of hydrogen-bond acceptors (Lipinski definition) is 1. The zero-order chi connectivity index (χ0) is 17.0. The van der Waals surface area contributed by atoms with Crippen LogP contribution >= 0.6 is 15.9 Å². The molecule has 0 fully saturated rings. The molecule has 0 aromatic carbocycles. The van der Waals surface area contributed by atoms with E-state index in [4.69, 9.17) is 0 Å². The molecule has 0 heterocycles. The summed E-state index contributed by atoms with van der Waals surface area (Å²) in [5.74, 6) is 0.196. The Bertz CT molecular complexity index is 279. The third kappa shape index (κ3) is 19.6. The second kappa shape index (κ2) is 19.7. The van der Waals surface area contributed by atoms with Gasteiger partial charge < -0.3 is 5.32 Å². The molecule has 0 radical (unpaired) electrons. The lowest BCUT2D eigenvalue weighted by atomic mass is 10.1. The average Bonchev–Trinajstić information content (AvgIpc) is 2.56. The van der Waals surface area contributed by atoms with Crippen LogP contribution in [0.3, 0.4) is 0 Å². The molecule has 0 spiro atoms. The van der Waals surface area contributed by atoms with Crippen molar-refractivity contribution in [2.24, 2.45) is 0 Å². The van der Waals surface area contributed by atoms with Crippen LogP contribution in [0.5, 0.6) is 0 Å². The molecule has 0 rings (SSSR count). The quantitative estimate of drug-likeness (QED) is 0.171. The van der Waals surface area contributed by atoms with E-state index in [0.29, 0.717) is 6.42 Å². The maximum absolute atomic E-state index is 11.4. The topological polar surface area (TPSA) is 29.1 Å². The van der Waals surface area contributed by atoms with Crippen molar-refractivity contribution in [3.63, 3.8) is 0 Å². The smallest absolute Gasteiger partial charge is 0.220 e. The number of rotatable bonds is 17. The first kappa shape index (κ1) is 22.7. The van der Waals surface area contributed by atoms with E-state index in [0.717, 1.165) is 18.3 Å². The lowest BCUT2D eigenvalue weighted by Gasteiger charge is -2.03. The average molecular weight is 388 g/mol. The highest BCUT2D eigenvalue weighted by Crippen LogP contribution is 2.09. The molecule has 0 bridgehead atoms. The van der Waals surface area contributed by atoms with Gasteiger partial charge in [-0.15, -0.1) is 0 Å². The molecule has 0 atom stereocenters. The second-order valence-corrected chi connectivity index (χ2v) is 7.17. The molecule has 0 saturated heterocycles. The fraction of sp³-hybridized carbons (Fsp3) is 0.850. The maximum Gasteiger partial charge on any atom is 0.220 e. The summed E-state index contributed by atoms with van der Waals surface area (Å²) in [6.45, 7) is 3.01. The zero-order valence-electron chi connectivity index (χ0n) is 15.3. The summed E-state index contributed by atoms with van der Waals surface area (Å²) in [7, 11) is 0.